The van der Waals surface area contributed by atoms with E-state index in [9.17, 15) is 4.79 Å². The average molecular weight is 481 g/mol. The number of nitrogens with one attached hydrogen (secondary N) is 1. The zero-order valence-corrected chi connectivity index (χ0v) is 19.6. The SMILES string of the molecule is CC(C)NCCCn1c(Sc2cc3c(cc2-c2ccoc2C=O)OCO3)nc2c(N)ncnc21. The van der Waals surface area contributed by atoms with E-state index in [0.29, 0.717) is 58.1 Å². The molecule has 4 aromatic rings. The number of carbonyl (C=O) groups is 1. The molecule has 3 N–H and O–H groups in total. The van der Waals surface area contributed by atoms with Crippen LogP contribution in [0.15, 0.2) is 45.3 Å². The first-order chi connectivity index (χ1) is 16.5. The van der Waals surface area contributed by atoms with Gasteiger partial charge in [0.2, 0.25) is 6.79 Å². The minimum Gasteiger partial charge on any atom is -0.461 e. The number of fused-ring (bicyclic) bond motifs is 2. The third-order valence-electron chi connectivity index (χ3n) is 5.40. The van der Waals surface area contributed by atoms with Crippen molar-refractivity contribution in [2.75, 3.05) is 19.1 Å². The van der Waals surface area contributed by atoms with Crippen molar-refractivity contribution >= 4 is 35.0 Å². The minimum atomic E-state index is 0.141. The lowest BCUT2D eigenvalue weighted by Crippen LogP contribution is -2.24. The third kappa shape index (κ3) is 4.19. The molecule has 0 radical (unpaired) electrons. The van der Waals surface area contributed by atoms with E-state index in [1.54, 1.807) is 6.07 Å². The Balaban J connectivity index is 1.57. The maximum Gasteiger partial charge on any atom is 0.231 e. The molecule has 1 aliphatic heterocycles. The number of benzene rings is 1. The van der Waals surface area contributed by atoms with Crippen LogP contribution < -0.4 is 20.5 Å². The highest BCUT2D eigenvalue weighted by Crippen LogP contribution is 2.45. The predicted molar refractivity (Wildman–Crippen MR) is 127 cm³/mol. The maximum atomic E-state index is 11.6. The first-order valence-electron chi connectivity index (χ1n) is 10.9. The zero-order chi connectivity index (χ0) is 23.7. The van der Waals surface area contributed by atoms with Crippen molar-refractivity contribution in [1.29, 1.82) is 0 Å². The Labute approximate surface area is 199 Å². The first kappa shape index (κ1) is 22.2. The second-order valence-electron chi connectivity index (χ2n) is 8.06. The van der Waals surface area contributed by atoms with Crippen LogP contribution >= 0.6 is 11.8 Å². The Morgan fingerprint density at radius 1 is 1.24 bits per heavy atom. The number of nitrogen functional groups attached to an aromatic ring is 1. The molecular formula is C23H24N6O4S. The van der Waals surface area contributed by atoms with Gasteiger partial charge in [0.25, 0.3) is 0 Å². The van der Waals surface area contributed by atoms with E-state index in [2.05, 4.69) is 29.1 Å². The van der Waals surface area contributed by atoms with Gasteiger partial charge in [0.15, 0.2) is 45.7 Å². The van der Waals surface area contributed by atoms with Gasteiger partial charge in [-0.25, -0.2) is 15.0 Å². The number of nitrogens with two attached hydrogens (primary N) is 1. The second kappa shape index (κ2) is 9.35. The van der Waals surface area contributed by atoms with Crippen molar-refractivity contribution in [3.8, 4) is 22.6 Å². The molecule has 5 rings (SSSR count). The van der Waals surface area contributed by atoms with Gasteiger partial charge in [0.1, 0.15) is 6.33 Å². The molecule has 0 atom stereocenters. The summed E-state index contributed by atoms with van der Waals surface area (Å²) in [6.45, 7) is 5.93. The molecule has 34 heavy (non-hydrogen) atoms. The summed E-state index contributed by atoms with van der Waals surface area (Å²) in [5.41, 5.74) is 8.79. The molecule has 0 aliphatic carbocycles. The highest BCUT2D eigenvalue weighted by molar-refractivity contribution is 7.99. The molecule has 10 nitrogen and oxygen atoms in total. The molecule has 176 valence electrons. The summed E-state index contributed by atoms with van der Waals surface area (Å²) in [6.07, 6.45) is 4.52. The van der Waals surface area contributed by atoms with Crippen LogP contribution in [-0.4, -0.2) is 45.2 Å². The number of carbonyl (C=O) groups excluding carboxylic acids is 1. The van der Waals surface area contributed by atoms with Gasteiger partial charge in [-0.1, -0.05) is 25.6 Å². The monoisotopic (exact) mass is 480 g/mol. The molecule has 0 unspecified atom stereocenters. The Kier molecular flexibility index (Phi) is 6.12. The van der Waals surface area contributed by atoms with Crippen LogP contribution in [0.25, 0.3) is 22.3 Å². The van der Waals surface area contributed by atoms with E-state index < -0.39 is 0 Å². The van der Waals surface area contributed by atoms with Gasteiger partial charge in [-0.2, -0.15) is 0 Å². The van der Waals surface area contributed by atoms with Crippen molar-refractivity contribution in [3.63, 3.8) is 0 Å². The van der Waals surface area contributed by atoms with Crippen LogP contribution in [0.3, 0.4) is 0 Å². The van der Waals surface area contributed by atoms with Crippen LogP contribution in [-0.2, 0) is 6.54 Å². The lowest BCUT2D eigenvalue weighted by molar-refractivity contribution is 0.110. The topological polar surface area (TPSA) is 130 Å². The number of aromatic nitrogens is 4. The van der Waals surface area contributed by atoms with Gasteiger partial charge in [-0.15, -0.1) is 0 Å². The number of nitrogens with zero attached hydrogens (tertiary/aromatic N) is 4. The summed E-state index contributed by atoms with van der Waals surface area (Å²) in [5, 5.41) is 4.14. The largest absolute Gasteiger partial charge is 0.461 e. The van der Waals surface area contributed by atoms with Crippen LogP contribution in [0.5, 0.6) is 11.5 Å². The standard InChI is InChI=1S/C23H24N6O4S/c1-13(2)25-5-3-6-29-22-20(21(24)26-11-27-22)28-23(29)34-19-9-17-16(32-12-33-17)8-15(19)14-4-7-31-18(14)10-30/h4,7-11,13,25H,3,5-6,12H2,1-2H3,(H2,24,26,27). The van der Waals surface area contributed by atoms with E-state index >= 15 is 0 Å². The van der Waals surface area contributed by atoms with E-state index in [1.165, 1.54) is 24.4 Å². The summed E-state index contributed by atoms with van der Waals surface area (Å²) < 4.78 is 18.6. The number of ether oxygens (including phenoxy) is 2. The number of aldehydes is 1. The van der Waals surface area contributed by atoms with Gasteiger partial charge in [-0.3, -0.25) is 4.79 Å². The van der Waals surface area contributed by atoms with Gasteiger partial charge in [0, 0.05) is 28.6 Å². The van der Waals surface area contributed by atoms with Crippen LogP contribution in [0.1, 0.15) is 30.8 Å². The molecule has 11 heteroatoms. The van der Waals surface area contributed by atoms with Gasteiger partial charge in [0.05, 0.1) is 6.26 Å². The second-order valence-corrected chi connectivity index (χ2v) is 9.07. The number of hydrogen-bond acceptors (Lipinski definition) is 10. The zero-order valence-electron chi connectivity index (χ0n) is 18.8. The molecule has 0 saturated carbocycles. The van der Waals surface area contributed by atoms with E-state index in [0.717, 1.165) is 23.4 Å². The summed E-state index contributed by atoms with van der Waals surface area (Å²) in [5.74, 6) is 1.81. The molecular weight excluding hydrogens is 456 g/mol. The molecule has 0 fully saturated rings. The smallest absolute Gasteiger partial charge is 0.231 e. The van der Waals surface area contributed by atoms with Crippen molar-refractivity contribution < 1.29 is 18.7 Å². The van der Waals surface area contributed by atoms with Crippen molar-refractivity contribution in [3.05, 3.63) is 36.5 Å². The van der Waals surface area contributed by atoms with Crippen LogP contribution in [0.4, 0.5) is 5.82 Å². The Bertz CT molecular complexity index is 1350. The minimum absolute atomic E-state index is 0.141. The third-order valence-corrected chi connectivity index (χ3v) is 6.46. The summed E-state index contributed by atoms with van der Waals surface area (Å²) in [4.78, 5) is 25.7. The van der Waals surface area contributed by atoms with E-state index in [1.807, 2.05) is 16.7 Å². The number of anilines is 1. The summed E-state index contributed by atoms with van der Waals surface area (Å²) >= 11 is 1.44. The van der Waals surface area contributed by atoms with Crippen LogP contribution in [0.2, 0.25) is 0 Å². The van der Waals surface area contributed by atoms with E-state index in [-0.39, 0.29) is 12.6 Å². The molecule has 0 saturated heterocycles. The molecule has 1 aromatic carbocycles. The fourth-order valence-corrected chi connectivity index (χ4v) is 4.86. The lowest BCUT2D eigenvalue weighted by Gasteiger charge is -2.13. The number of aryl methyl sites for hydroxylation is 1. The molecule has 0 bridgehead atoms. The van der Waals surface area contributed by atoms with Crippen molar-refractivity contribution in [1.82, 2.24) is 24.8 Å². The normalized spacial score (nSPS) is 12.7. The molecule has 1 aliphatic rings. The number of rotatable bonds is 9. The number of hydrogen-bond donors (Lipinski definition) is 2. The fraction of sp³-hybridized carbons (Fsp3) is 0.304. The number of imidazole rings is 1. The quantitative estimate of drug-likeness (QED) is 0.270. The predicted octanol–water partition coefficient (Wildman–Crippen LogP) is 3.75. The number of furan rings is 1. The maximum absolute atomic E-state index is 11.6. The highest BCUT2D eigenvalue weighted by atomic mass is 32.2. The molecule has 3 aromatic heterocycles. The van der Waals surface area contributed by atoms with Gasteiger partial charge >= 0.3 is 0 Å². The highest BCUT2D eigenvalue weighted by Gasteiger charge is 2.24. The average Bonchev–Trinajstić information content (AvgIpc) is 3.55. The molecule has 0 amide bonds. The van der Waals surface area contributed by atoms with Crippen molar-refractivity contribution in [2.45, 2.75) is 42.9 Å². The summed E-state index contributed by atoms with van der Waals surface area (Å²) in [7, 11) is 0. The van der Waals surface area contributed by atoms with Crippen molar-refractivity contribution in [2.24, 2.45) is 0 Å². The van der Waals surface area contributed by atoms with Gasteiger partial charge in [-0.05, 0) is 31.2 Å². The molecule has 0 spiro atoms. The Morgan fingerprint density at radius 2 is 2.06 bits per heavy atom. The van der Waals surface area contributed by atoms with Crippen LogP contribution in [0, 0.1) is 0 Å². The first-order valence-corrected chi connectivity index (χ1v) is 11.7. The Hall–Kier alpha value is -3.57. The molecule has 4 heterocycles. The summed E-state index contributed by atoms with van der Waals surface area (Å²) in [6, 6.07) is 5.92. The Morgan fingerprint density at radius 3 is 2.85 bits per heavy atom. The fourth-order valence-electron chi connectivity index (χ4n) is 3.79. The van der Waals surface area contributed by atoms with E-state index in [4.69, 9.17) is 24.6 Å². The lowest BCUT2D eigenvalue weighted by atomic mass is 10.1. The van der Waals surface area contributed by atoms with Gasteiger partial charge < -0.3 is 29.5 Å².